The number of fused-ring (bicyclic) bond motifs is 1. The minimum Gasteiger partial charge on any atom is -0.0844 e. The molecule has 0 aromatic heterocycles. The Morgan fingerprint density at radius 2 is 2.30 bits per heavy atom. The van der Waals surface area contributed by atoms with Gasteiger partial charge in [0.05, 0.1) is 0 Å². The summed E-state index contributed by atoms with van der Waals surface area (Å²) in [6.07, 6.45) is 14.0. The number of allylic oxidation sites excluding steroid dienone is 4. The first kappa shape index (κ1) is 6.21. The molecule has 0 heteroatoms. The van der Waals surface area contributed by atoms with Crippen LogP contribution in [0.4, 0.5) is 0 Å². The van der Waals surface area contributed by atoms with Crippen molar-refractivity contribution in [1.29, 1.82) is 0 Å². The largest absolute Gasteiger partial charge is 0.0844 e. The number of hydrogen-bond donors (Lipinski definition) is 0. The Morgan fingerprint density at radius 1 is 1.30 bits per heavy atom. The Bertz CT molecular complexity index is 174. The molecule has 0 unspecified atom stereocenters. The van der Waals surface area contributed by atoms with Gasteiger partial charge in [0.2, 0.25) is 0 Å². The van der Waals surface area contributed by atoms with Gasteiger partial charge in [0.1, 0.15) is 0 Å². The maximum absolute atomic E-state index is 2.46. The monoisotopic (exact) mass is 134 g/mol. The molecular weight excluding hydrogens is 120 g/mol. The normalized spacial score (nSPS) is 31.2. The molecule has 2 aliphatic rings. The van der Waals surface area contributed by atoms with Crippen molar-refractivity contribution in [2.45, 2.75) is 32.1 Å². The number of rotatable bonds is 0. The van der Waals surface area contributed by atoms with Crippen molar-refractivity contribution in [1.82, 2.24) is 0 Å². The van der Waals surface area contributed by atoms with Crippen LogP contribution in [0.15, 0.2) is 23.8 Å². The van der Waals surface area contributed by atoms with Crippen molar-refractivity contribution >= 4 is 0 Å². The quantitative estimate of drug-likeness (QED) is 0.447. The second kappa shape index (κ2) is 2.61. The van der Waals surface area contributed by atoms with Crippen LogP contribution in [0, 0.1) is 5.92 Å². The molecule has 0 heterocycles. The predicted octanol–water partition coefficient (Wildman–Crippen LogP) is 3.06. The van der Waals surface area contributed by atoms with E-state index in [0.717, 1.165) is 5.92 Å². The minimum absolute atomic E-state index is 0.836. The molecular formula is C10H14. The Balaban J connectivity index is 2.15. The molecule has 10 heavy (non-hydrogen) atoms. The van der Waals surface area contributed by atoms with Crippen molar-refractivity contribution in [3.63, 3.8) is 0 Å². The van der Waals surface area contributed by atoms with Crippen molar-refractivity contribution in [2.75, 3.05) is 0 Å². The molecule has 0 nitrogen and oxygen atoms in total. The summed E-state index contributed by atoms with van der Waals surface area (Å²) in [4.78, 5) is 0. The van der Waals surface area contributed by atoms with Gasteiger partial charge < -0.3 is 0 Å². The molecule has 0 aliphatic heterocycles. The topological polar surface area (TPSA) is 0 Å². The maximum Gasteiger partial charge on any atom is -0.00201 e. The highest BCUT2D eigenvalue weighted by molar-refractivity contribution is 5.23. The molecule has 54 valence electrons. The third kappa shape index (κ3) is 1.03. The second-order valence-corrected chi connectivity index (χ2v) is 3.30. The average molecular weight is 134 g/mol. The van der Waals surface area contributed by atoms with Gasteiger partial charge in [-0.1, -0.05) is 30.2 Å². The van der Waals surface area contributed by atoms with E-state index < -0.39 is 0 Å². The molecule has 0 aromatic rings. The summed E-state index contributed by atoms with van der Waals surface area (Å²) in [5.74, 6) is 0.836. The van der Waals surface area contributed by atoms with Gasteiger partial charge in [-0.15, -0.1) is 0 Å². The molecule has 2 rings (SSSR count). The van der Waals surface area contributed by atoms with Gasteiger partial charge in [0.25, 0.3) is 0 Å². The first-order chi connectivity index (χ1) is 4.97. The Morgan fingerprint density at radius 3 is 3.30 bits per heavy atom. The van der Waals surface area contributed by atoms with E-state index in [4.69, 9.17) is 0 Å². The molecule has 0 saturated carbocycles. The van der Waals surface area contributed by atoms with Crippen LogP contribution in [0.1, 0.15) is 32.1 Å². The van der Waals surface area contributed by atoms with Gasteiger partial charge in [-0.2, -0.15) is 0 Å². The summed E-state index contributed by atoms with van der Waals surface area (Å²) in [5.41, 5.74) is 1.69. The molecule has 0 amide bonds. The van der Waals surface area contributed by atoms with E-state index in [1.807, 2.05) is 0 Å². The van der Waals surface area contributed by atoms with Gasteiger partial charge >= 0.3 is 0 Å². The second-order valence-electron chi connectivity index (χ2n) is 3.30. The van der Waals surface area contributed by atoms with E-state index in [9.17, 15) is 0 Å². The lowest BCUT2D eigenvalue weighted by atomic mass is 9.99. The first-order valence-electron chi connectivity index (χ1n) is 4.32. The smallest absolute Gasteiger partial charge is 0.00201 e. The van der Waals surface area contributed by atoms with E-state index in [0.29, 0.717) is 0 Å². The highest BCUT2D eigenvalue weighted by Crippen LogP contribution is 2.31. The van der Waals surface area contributed by atoms with Crippen LogP contribution in [0.25, 0.3) is 0 Å². The zero-order valence-electron chi connectivity index (χ0n) is 6.34. The molecule has 0 fully saturated rings. The van der Waals surface area contributed by atoms with E-state index in [-0.39, 0.29) is 0 Å². The van der Waals surface area contributed by atoms with Crippen molar-refractivity contribution in [3.8, 4) is 0 Å². The average Bonchev–Trinajstić information content (AvgIpc) is 2.28. The third-order valence-corrected chi connectivity index (χ3v) is 2.57. The fourth-order valence-electron chi connectivity index (χ4n) is 1.96. The van der Waals surface area contributed by atoms with Crippen LogP contribution in [-0.2, 0) is 0 Å². The fourth-order valence-corrected chi connectivity index (χ4v) is 1.96. The van der Waals surface area contributed by atoms with Crippen molar-refractivity contribution in [3.05, 3.63) is 23.8 Å². The Labute approximate surface area is 62.6 Å². The predicted molar refractivity (Wildman–Crippen MR) is 43.8 cm³/mol. The van der Waals surface area contributed by atoms with Crippen LogP contribution >= 0.6 is 0 Å². The highest BCUT2D eigenvalue weighted by atomic mass is 14.2. The molecule has 0 radical (unpaired) electrons. The zero-order valence-corrected chi connectivity index (χ0v) is 6.34. The molecule has 0 aromatic carbocycles. The summed E-state index contributed by atoms with van der Waals surface area (Å²) in [6, 6.07) is 0. The molecule has 1 atom stereocenters. The zero-order chi connectivity index (χ0) is 6.81. The van der Waals surface area contributed by atoms with Crippen LogP contribution in [0.3, 0.4) is 0 Å². The van der Waals surface area contributed by atoms with E-state index >= 15 is 0 Å². The maximum atomic E-state index is 2.46. The van der Waals surface area contributed by atoms with Gasteiger partial charge in [-0.3, -0.25) is 0 Å². The van der Waals surface area contributed by atoms with E-state index in [2.05, 4.69) is 18.2 Å². The minimum atomic E-state index is 0.836. The standard InChI is InChI=1S/C10H14/c1-2-5-9-7-4-8-10(9)6-3-1/h4-5,8,10H,1-3,6-7H2/t10-/m1/s1. The van der Waals surface area contributed by atoms with E-state index in [1.165, 1.54) is 32.1 Å². The summed E-state index contributed by atoms with van der Waals surface area (Å²) in [7, 11) is 0. The highest BCUT2D eigenvalue weighted by Gasteiger charge is 2.16. The molecule has 0 bridgehead atoms. The Hall–Kier alpha value is -0.520. The number of hydrogen-bond acceptors (Lipinski definition) is 0. The summed E-state index contributed by atoms with van der Waals surface area (Å²) in [6.45, 7) is 0. The lowest BCUT2D eigenvalue weighted by Crippen LogP contribution is -1.92. The Kier molecular flexibility index (Phi) is 1.62. The third-order valence-electron chi connectivity index (χ3n) is 2.57. The van der Waals surface area contributed by atoms with Gasteiger partial charge in [-0.05, 0) is 31.6 Å². The first-order valence-corrected chi connectivity index (χ1v) is 4.32. The lowest BCUT2D eigenvalue weighted by molar-refractivity contribution is 0.634. The van der Waals surface area contributed by atoms with Crippen LogP contribution in [0.2, 0.25) is 0 Å². The molecule has 0 saturated heterocycles. The van der Waals surface area contributed by atoms with Gasteiger partial charge in [0, 0.05) is 0 Å². The van der Waals surface area contributed by atoms with Crippen LogP contribution < -0.4 is 0 Å². The van der Waals surface area contributed by atoms with Crippen molar-refractivity contribution in [2.24, 2.45) is 5.92 Å². The molecule has 0 spiro atoms. The van der Waals surface area contributed by atoms with Crippen LogP contribution in [-0.4, -0.2) is 0 Å². The fraction of sp³-hybridized carbons (Fsp3) is 0.600. The van der Waals surface area contributed by atoms with Gasteiger partial charge in [-0.25, -0.2) is 0 Å². The molecule has 2 aliphatic carbocycles. The van der Waals surface area contributed by atoms with Gasteiger partial charge in [0.15, 0.2) is 0 Å². The van der Waals surface area contributed by atoms with E-state index in [1.54, 1.807) is 5.57 Å². The summed E-state index contributed by atoms with van der Waals surface area (Å²) < 4.78 is 0. The lowest BCUT2D eigenvalue weighted by Gasteiger charge is -2.05. The van der Waals surface area contributed by atoms with Crippen LogP contribution in [0.5, 0.6) is 0 Å². The SMILES string of the molecule is C1=C[C@H]2CCCCC=C2C1. The van der Waals surface area contributed by atoms with Crippen molar-refractivity contribution < 1.29 is 0 Å². The molecule has 0 N–H and O–H groups in total. The summed E-state index contributed by atoms with van der Waals surface area (Å²) in [5, 5.41) is 0. The summed E-state index contributed by atoms with van der Waals surface area (Å²) >= 11 is 0.